The van der Waals surface area contributed by atoms with Crippen LogP contribution in [0.2, 0.25) is 0 Å². The second-order valence-corrected chi connectivity index (χ2v) is 6.26. The maximum absolute atomic E-state index is 11.0. The van der Waals surface area contributed by atoms with E-state index in [9.17, 15) is 4.79 Å². The van der Waals surface area contributed by atoms with Crippen molar-refractivity contribution < 1.29 is 9.90 Å². The van der Waals surface area contributed by atoms with Crippen LogP contribution in [0.5, 0.6) is 0 Å². The number of amides is 1. The van der Waals surface area contributed by atoms with Gasteiger partial charge < -0.3 is 15.7 Å². The third kappa shape index (κ3) is 11.7. The molecule has 0 heterocycles. The number of unbranched alkanes of at least 4 members (excludes halogenated alkanes) is 5. The fourth-order valence-corrected chi connectivity index (χ4v) is 2.61. The van der Waals surface area contributed by atoms with Crippen molar-refractivity contribution >= 4 is 5.91 Å². The molecule has 1 unspecified atom stereocenters. The molecule has 0 aliphatic carbocycles. The highest BCUT2D eigenvalue weighted by Gasteiger charge is 2.21. The molecule has 0 bridgehead atoms. The van der Waals surface area contributed by atoms with Gasteiger partial charge in [-0.1, -0.05) is 58.8 Å². The highest BCUT2D eigenvalue weighted by molar-refractivity contribution is 5.76. The van der Waals surface area contributed by atoms with Crippen molar-refractivity contribution in [2.75, 3.05) is 19.7 Å². The van der Waals surface area contributed by atoms with Crippen LogP contribution in [-0.2, 0) is 4.79 Å². The molecule has 21 heavy (non-hydrogen) atoms. The first kappa shape index (κ1) is 20.4. The van der Waals surface area contributed by atoms with E-state index >= 15 is 0 Å². The largest absolute Gasteiger partial charge is 0.387 e. The third-order valence-electron chi connectivity index (χ3n) is 4.06. The minimum Gasteiger partial charge on any atom is -0.387 e. The predicted octanol–water partition coefficient (Wildman–Crippen LogP) is 2.99. The van der Waals surface area contributed by atoms with Crippen LogP contribution >= 0.6 is 0 Å². The summed E-state index contributed by atoms with van der Waals surface area (Å²) in [6.07, 6.45) is 11.4. The van der Waals surface area contributed by atoms with Crippen molar-refractivity contribution in [1.82, 2.24) is 10.6 Å². The molecular weight excluding hydrogens is 264 g/mol. The van der Waals surface area contributed by atoms with E-state index in [1.807, 2.05) is 0 Å². The van der Waals surface area contributed by atoms with Crippen LogP contribution in [0.3, 0.4) is 0 Å². The third-order valence-corrected chi connectivity index (χ3v) is 4.06. The quantitative estimate of drug-likeness (QED) is 0.432. The molecule has 0 aliphatic heterocycles. The molecule has 0 saturated heterocycles. The lowest BCUT2D eigenvalue weighted by atomic mass is 9.88. The van der Waals surface area contributed by atoms with E-state index in [0.717, 1.165) is 6.54 Å². The minimum absolute atomic E-state index is 0.173. The van der Waals surface area contributed by atoms with Crippen LogP contribution in [0.25, 0.3) is 0 Å². The number of carbonyl (C=O) groups excluding carboxylic acids is 1. The fraction of sp³-hybridized carbons (Fsp3) is 0.941. The van der Waals surface area contributed by atoms with Gasteiger partial charge in [0, 0.05) is 18.6 Å². The molecular formula is C17H36N2O2. The molecule has 0 radical (unpaired) electrons. The standard InChI is InChI=1S/C17H36N2O2/c1-4-6-8-9-10-12-17(3,11-7-5-2)19-14-13-18-16(21)15-20/h19-20H,4-15H2,1-3H3,(H,18,21). The van der Waals surface area contributed by atoms with Crippen molar-refractivity contribution in [2.24, 2.45) is 0 Å². The second-order valence-electron chi connectivity index (χ2n) is 6.26. The molecule has 3 N–H and O–H groups in total. The van der Waals surface area contributed by atoms with Gasteiger partial charge in [-0.05, 0) is 19.8 Å². The molecule has 0 aromatic rings. The zero-order chi connectivity index (χ0) is 16.0. The zero-order valence-corrected chi connectivity index (χ0v) is 14.3. The van der Waals surface area contributed by atoms with Gasteiger partial charge >= 0.3 is 0 Å². The Morgan fingerprint density at radius 1 is 0.952 bits per heavy atom. The first-order valence-corrected chi connectivity index (χ1v) is 8.70. The van der Waals surface area contributed by atoms with Crippen molar-refractivity contribution in [1.29, 1.82) is 0 Å². The van der Waals surface area contributed by atoms with E-state index in [2.05, 4.69) is 31.4 Å². The lowest BCUT2D eigenvalue weighted by Crippen LogP contribution is -2.46. The molecule has 0 rings (SSSR count). The van der Waals surface area contributed by atoms with Gasteiger partial charge in [0.25, 0.3) is 0 Å². The number of aliphatic hydroxyl groups excluding tert-OH is 1. The molecule has 0 aromatic heterocycles. The van der Waals surface area contributed by atoms with Crippen molar-refractivity contribution in [3.63, 3.8) is 0 Å². The Hall–Kier alpha value is -0.610. The summed E-state index contributed by atoms with van der Waals surface area (Å²) in [7, 11) is 0. The Labute approximate surface area is 131 Å². The molecule has 0 aromatic carbocycles. The topological polar surface area (TPSA) is 61.4 Å². The van der Waals surface area contributed by atoms with Gasteiger partial charge in [0.1, 0.15) is 6.61 Å². The molecule has 0 saturated carbocycles. The summed E-state index contributed by atoms with van der Waals surface area (Å²) in [5.74, 6) is -0.299. The van der Waals surface area contributed by atoms with E-state index in [0.29, 0.717) is 6.54 Å². The second kappa shape index (κ2) is 13.1. The number of hydrogen-bond acceptors (Lipinski definition) is 3. The van der Waals surface area contributed by atoms with E-state index in [1.165, 1.54) is 57.8 Å². The highest BCUT2D eigenvalue weighted by Crippen LogP contribution is 2.21. The maximum atomic E-state index is 11.0. The molecule has 0 aliphatic rings. The predicted molar refractivity (Wildman–Crippen MR) is 89.4 cm³/mol. The molecule has 0 fully saturated rings. The Morgan fingerprint density at radius 3 is 2.19 bits per heavy atom. The van der Waals surface area contributed by atoms with Crippen LogP contribution in [0.15, 0.2) is 0 Å². The monoisotopic (exact) mass is 300 g/mol. The van der Waals surface area contributed by atoms with Gasteiger partial charge in [-0.2, -0.15) is 0 Å². The molecule has 4 heteroatoms. The summed E-state index contributed by atoms with van der Waals surface area (Å²) in [5.41, 5.74) is 0.173. The van der Waals surface area contributed by atoms with Crippen LogP contribution in [0.1, 0.15) is 78.6 Å². The van der Waals surface area contributed by atoms with Gasteiger partial charge in [-0.15, -0.1) is 0 Å². The molecule has 1 atom stereocenters. The van der Waals surface area contributed by atoms with Gasteiger partial charge in [0.05, 0.1) is 0 Å². The summed E-state index contributed by atoms with van der Waals surface area (Å²) >= 11 is 0. The van der Waals surface area contributed by atoms with E-state index < -0.39 is 6.61 Å². The molecule has 126 valence electrons. The van der Waals surface area contributed by atoms with Crippen LogP contribution < -0.4 is 10.6 Å². The lowest BCUT2D eigenvalue weighted by Gasteiger charge is -2.31. The normalized spacial score (nSPS) is 13.9. The minimum atomic E-state index is -0.426. The lowest BCUT2D eigenvalue weighted by molar-refractivity contribution is -0.123. The van der Waals surface area contributed by atoms with Crippen molar-refractivity contribution in [3.8, 4) is 0 Å². The molecule has 1 amide bonds. The highest BCUT2D eigenvalue weighted by atomic mass is 16.3. The Morgan fingerprint density at radius 2 is 1.57 bits per heavy atom. The maximum Gasteiger partial charge on any atom is 0.245 e. The number of hydrogen-bond donors (Lipinski definition) is 3. The number of carbonyl (C=O) groups is 1. The fourth-order valence-electron chi connectivity index (χ4n) is 2.61. The van der Waals surface area contributed by atoms with E-state index in [1.54, 1.807) is 0 Å². The average Bonchev–Trinajstić information content (AvgIpc) is 2.49. The van der Waals surface area contributed by atoms with Crippen molar-refractivity contribution in [3.05, 3.63) is 0 Å². The van der Waals surface area contributed by atoms with E-state index in [-0.39, 0.29) is 11.4 Å². The van der Waals surface area contributed by atoms with Gasteiger partial charge in [-0.3, -0.25) is 4.79 Å². The summed E-state index contributed by atoms with van der Waals surface area (Å²) < 4.78 is 0. The van der Waals surface area contributed by atoms with Crippen LogP contribution in [0.4, 0.5) is 0 Å². The first-order chi connectivity index (χ1) is 10.1. The SMILES string of the molecule is CCCCCCCC(C)(CCCC)NCCNC(=O)CO. The van der Waals surface area contributed by atoms with Gasteiger partial charge in [0.15, 0.2) is 0 Å². The summed E-state index contributed by atoms with van der Waals surface area (Å²) in [6, 6.07) is 0. The smallest absolute Gasteiger partial charge is 0.245 e. The van der Waals surface area contributed by atoms with Crippen molar-refractivity contribution in [2.45, 2.75) is 84.1 Å². The summed E-state index contributed by atoms with van der Waals surface area (Å²) in [4.78, 5) is 11.0. The number of rotatable bonds is 14. The molecule has 0 spiro atoms. The van der Waals surface area contributed by atoms with E-state index in [4.69, 9.17) is 5.11 Å². The summed E-state index contributed by atoms with van der Waals surface area (Å²) in [5, 5.41) is 15.0. The number of aliphatic hydroxyl groups is 1. The Bertz CT molecular complexity index is 259. The summed E-state index contributed by atoms with van der Waals surface area (Å²) in [6.45, 7) is 7.69. The zero-order valence-electron chi connectivity index (χ0n) is 14.3. The van der Waals surface area contributed by atoms with Crippen LogP contribution in [0, 0.1) is 0 Å². The van der Waals surface area contributed by atoms with Crippen LogP contribution in [-0.4, -0.2) is 36.2 Å². The first-order valence-electron chi connectivity index (χ1n) is 8.70. The molecule has 4 nitrogen and oxygen atoms in total. The Balaban J connectivity index is 3.99. The Kier molecular flexibility index (Phi) is 12.7. The van der Waals surface area contributed by atoms with Gasteiger partial charge in [0.2, 0.25) is 5.91 Å². The average molecular weight is 300 g/mol. The van der Waals surface area contributed by atoms with Gasteiger partial charge in [-0.25, -0.2) is 0 Å². The number of nitrogens with one attached hydrogen (secondary N) is 2.